The van der Waals surface area contributed by atoms with Crippen LogP contribution in [0.2, 0.25) is 0 Å². The van der Waals surface area contributed by atoms with Gasteiger partial charge in [0.05, 0.1) is 12.2 Å². The number of H-pyrrole nitrogens is 1. The SMILES string of the molecule is Cc1cn([C@H]2CC(C)[C@@H]([C@H](C)O)O2)c(=O)[nH]c1=O. The molecular formula is C12H18N2O4. The molecule has 1 saturated heterocycles. The maximum Gasteiger partial charge on any atom is 0.330 e. The monoisotopic (exact) mass is 254 g/mol. The summed E-state index contributed by atoms with van der Waals surface area (Å²) in [5, 5.41) is 9.59. The third kappa shape index (κ3) is 2.26. The fraction of sp³-hybridized carbons (Fsp3) is 0.667. The molecule has 2 rings (SSSR count). The summed E-state index contributed by atoms with van der Waals surface area (Å²) in [6, 6.07) is 0. The molecule has 0 aromatic carbocycles. The van der Waals surface area contributed by atoms with E-state index in [-0.39, 0.29) is 17.6 Å². The van der Waals surface area contributed by atoms with Crippen molar-refractivity contribution in [2.75, 3.05) is 0 Å². The Morgan fingerprint density at radius 2 is 2.22 bits per heavy atom. The van der Waals surface area contributed by atoms with E-state index in [1.807, 2.05) is 6.92 Å². The predicted molar refractivity (Wildman–Crippen MR) is 65.4 cm³/mol. The Labute approximate surface area is 104 Å². The van der Waals surface area contributed by atoms with Gasteiger partial charge in [-0.1, -0.05) is 6.92 Å². The van der Waals surface area contributed by atoms with Crippen LogP contribution in [0.25, 0.3) is 0 Å². The van der Waals surface area contributed by atoms with Gasteiger partial charge in [0.15, 0.2) is 0 Å². The molecule has 0 saturated carbocycles. The lowest BCUT2D eigenvalue weighted by molar-refractivity contribution is -0.0625. The van der Waals surface area contributed by atoms with Crippen molar-refractivity contribution >= 4 is 0 Å². The Morgan fingerprint density at radius 3 is 2.78 bits per heavy atom. The molecule has 0 spiro atoms. The van der Waals surface area contributed by atoms with E-state index < -0.39 is 18.0 Å². The number of aryl methyl sites for hydroxylation is 1. The fourth-order valence-electron chi connectivity index (χ4n) is 2.39. The molecule has 0 radical (unpaired) electrons. The highest BCUT2D eigenvalue weighted by Crippen LogP contribution is 2.33. The zero-order chi connectivity index (χ0) is 13.4. The molecule has 6 heteroatoms. The summed E-state index contributed by atoms with van der Waals surface area (Å²) in [6.45, 7) is 5.28. The van der Waals surface area contributed by atoms with Gasteiger partial charge in [-0.05, 0) is 26.2 Å². The van der Waals surface area contributed by atoms with Crippen molar-refractivity contribution < 1.29 is 9.84 Å². The third-order valence-corrected chi connectivity index (χ3v) is 3.38. The molecule has 1 fully saturated rings. The van der Waals surface area contributed by atoms with Crippen LogP contribution in [0.5, 0.6) is 0 Å². The number of nitrogens with zero attached hydrogens (tertiary/aromatic N) is 1. The number of aromatic nitrogens is 2. The number of aliphatic hydroxyl groups excluding tert-OH is 1. The standard InChI is InChI=1S/C12H18N2O4/c1-6-4-9(18-10(6)8(3)15)14-5-7(2)11(16)13-12(14)17/h5-6,8-10,15H,4H2,1-3H3,(H,13,16,17)/t6?,8-,9+,10-/m0/s1. The number of aliphatic hydroxyl groups is 1. The molecule has 0 aliphatic carbocycles. The van der Waals surface area contributed by atoms with Crippen LogP contribution in [0.4, 0.5) is 0 Å². The lowest BCUT2D eigenvalue weighted by atomic mass is 10.00. The molecule has 2 N–H and O–H groups in total. The zero-order valence-corrected chi connectivity index (χ0v) is 10.7. The van der Waals surface area contributed by atoms with E-state index in [1.165, 1.54) is 10.8 Å². The van der Waals surface area contributed by atoms with E-state index in [0.717, 1.165) is 0 Å². The normalized spacial score (nSPS) is 29.4. The Hall–Kier alpha value is -1.40. The third-order valence-electron chi connectivity index (χ3n) is 3.38. The minimum Gasteiger partial charge on any atom is -0.391 e. The van der Waals surface area contributed by atoms with Gasteiger partial charge >= 0.3 is 5.69 Å². The molecule has 4 atom stereocenters. The largest absolute Gasteiger partial charge is 0.391 e. The average molecular weight is 254 g/mol. The molecule has 100 valence electrons. The van der Waals surface area contributed by atoms with E-state index in [1.54, 1.807) is 13.8 Å². The number of rotatable bonds is 2. The molecular weight excluding hydrogens is 236 g/mol. The second-order valence-electron chi connectivity index (χ2n) is 4.99. The Kier molecular flexibility index (Phi) is 3.41. The van der Waals surface area contributed by atoms with Crippen LogP contribution in [-0.2, 0) is 4.74 Å². The Balaban J connectivity index is 2.32. The summed E-state index contributed by atoms with van der Waals surface area (Å²) in [5.74, 6) is 0.161. The highest BCUT2D eigenvalue weighted by atomic mass is 16.5. The van der Waals surface area contributed by atoms with Gasteiger partial charge in [0.1, 0.15) is 6.23 Å². The summed E-state index contributed by atoms with van der Waals surface area (Å²) in [4.78, 5) is 25.3. The quantitative estimate of drug-likeness (QED) is 0.786. The van der Waals surface area contributed by atoms with E-state index in [2.05, 4.69) is 4.98 Å². The van der Waals surface area contributed by atoms with Crippen molar-refractivity contribution in [3.05, 3.63) is 32.6 Å². The number of aromatic amines is 1. The number of ether oxygens (including phenoxy) is 1. The first-order chi connectivity index (χ1) is 8.40. The minimum atomic E-state index is -0.579. The molecule has 6 nitrogen and oxygen atoms in total. The molecule has 1 aromatic rings. The van der Waals surface area contributed by atoms with Crippen molar-refractivity contribution in [1.29, 1.82) is 0 Å². The molecule has 1 aliphatic heterocycles. The van der Waals surface area contributed by atoms with Crippen LogP contribution >= 0.6 is 0 Å². The molecule has 0 bridgehead atoms. The van der Waals surface area contributed by atoms with E-state index >= 15 is 0 Å². The van der Waals surface area contributed by atoms with Crippen LogP contribution in [0.1, 0.15) is 32.1 Å². The smallest absolute Gasteiger partial charge is 0.330 e. The maximum absolute atomic E-state index is 11.7. The van der Waals surface area contributed by atoms with E-state index in [0.29, 0.717) is 12.0 Å². The van der Waals surface area contributed by atoms with Crippen LogP contribution in [-0.4, -0.2) is 26.9 Å². The van der Waals surface area contributed by atoms with Gasteiger partial charge in [-0.15, -0.1) is 0 Å². The lowest BCUT2D eigenvalue weighted by Gasteiger charge is -2.18. The van der Waals surface area contributed by atoms with Crippen LogP contribution in [0.3, 0.4) is 0 Å². The average Bonchev–Trinajstić information content (AvgIpc) is 2.65. The Bertz CT molecular complexity index is 546. The van der Waals surface area contributed by atoms with Gasteiger partial charge < -0.3 is 9.84 Å². The molecule has 18 heavy (non-hydrogen) atoms. The van der Waals surface area contributed by atoms with Crippen LogP contribution in [0.15, 0.2) is 15.8 Å². The summed E-state index contributed by atoms with van der Waals surface area (Å²) in [7, 11) is 0. The van der Waals surface area contributed by atoms with E-state index in [9.17, 15) is 14.7 Å². The van der Waals surface area contributed by atoms with Gasteiger partial charge in [0.2, 0.25) is 0 Å². The lowest BCUT2D eigenvalue weighted by Crippen LogP contribution is -2.34. The van der Waals surface area contributed by atoms with Crippen LogP contribution in [0, 0.1) is 12.8 Å². The second-order valence-corrected chi connectivity index (χ2v) is 4.99. The molecule has 0 amide bonds. The van der Waals surface area contributed by atoms with Crippen molar-refractivity contribution in [1.82, 2.24) is 9.55 Å². The van der Waals surface area contributed by atoms with Gasteiger partial charge in [-0.2, -0.15) is 0 Å². The second kappa shape index (κ2) is 4.70. The molecule has 1 unspecified atom stereocenters. The summed E-state index contributed by atoms with van der Waals surface area (Å²) in [6.07, 6.45) is 0.852. The van der Waals surface area contributed by atoms with Gasteiger partial charge in [0.25, 0.3) is 5.56 Å². The summed E-state index contributed by atoms with van der Waals surface area (Å²) in [5.41, 5.74) is -0.394. The van der Waals surface area contributed by atoms with Crippen molar-refractivity contribution in [2.45, 2.75) is 45.6 Å². The highest BCUT2D eigenvalue weighted by Gasteiger charge is 2.36. The summed E-state index contributed by atoms with van der Waals surface area (Å²) < 4.78 is 7.07. The van der Waals surface area contributed by atoms with Gasteiger partial charge in [0, 0.05) is 11.8 Å². The predicted octanol–water partition coefficient (Wildman–Crippen LogP) is 0.149. The number of hydrogen-bond acceptors (Lipinski definition) is 4. The number of nitrogens with one attached hydrogen (secondary N) is 1. The Morgan fingerprint density at radius 1 is 1.56 bits per heavy atom. The van der Waals surface area contributed by atoms with Crippen molar-refractivity contribution in [2.24, 2.45) is 5.92 Å². The molecule has 1 aliphatic rings. The van der Waals surface area contributed by atoms with Gasteiger partial charge in [-0.25, -0.2) is 4.79 Å². The van der Waals surface area contributed by atoms with Crippen molar-refractivity contribution in [3.63, 3.8) is 0 Å². The minimum absolute atomic E-state index is 0.161. The zero-order valence-electron chi connectivity index (χ0n) is 10.7. The first-order valence-electron chi connectivity index (χ1n) is 6.05. The van der Waals surface area contributed by atoms with Gasteiger partial charge in [-0.3, -0.25) is 14.3 Å². The topological polar surface area (TPSA) is 84.3 Å². The molecule has 1 aromatic heterocycles. The maximum atomic E-state index is 11.7. The van der Waals surface area contributed by atoms with Crippen molar-refractivity contribution in [3.8, 4) is 0 Å². The van der Waals surface area contributed by atoms with E-state index in [4.69, 9.17) is 4.74 Å². The summed E-state index contributed by atoms with van der Waals surface area (Å²) >= 11 is 0. The highest BCUT2D eigenvalue weighted by molar-refractivity contribution is 5.02. The number of hydrogen-bond donors (Lipinski definition) is 2. The molecule has 2 heterocycles. The van der Waals surface area contributed by atoms with Crippen LogP contribution < -0.4 is 11.2 Å². The first kappa shape index (κ1) is 13.0. The fourth-order valence-corrected chi connectivity index (χ4v) is 2.39. The first-order valence-corrected chi connectivity index (χ1v) is 6.05.